The highest BCUT2D eigenvalue weighted by Gasteiger charge is 2.31. The average Bonchev–Trinajstić information content (AvgIpc) is 1.96. The van der Waals surface area contributed by atoms with E-state index in [9.17, 15) is 4.39 Å². The molecule has 0 saturated carbocycles. The van der Waals surface area contributed by atoms with Crippen LogP contribution in [0.15, 0.2) is 0 Å². The van der Waals surface area contributed by atoms with Gasteiger partial charge in [0.05, 0.1) is 0 Å². The lowest BCUT2D eigenvalue weighted by Crippen LogP contribution is -2.45. The van der Waals surface area contributed by atoms with Crippen LogP contribution in [0.2, 0.25) is 0 Å². The van der Waals surface area contributed by atoms with Gasteiger partial charge < -0.3 is 5.32 Å². The van der Waals surface area contributed by atoms with Crippen molar-refractivity contribution in [3.8, 4) is 12.3 Å². The van der Waals surface area contributed by atoms with E-state index in [0.29, 0.717) is 19.0 Å². The molecule has 0 radical (unpaired) electrons. The topological polar surface area (TPSA) is 12.0 Å². The van der Waals surface area contributed by atoms with Crippen LogP contribution in [0.3, 0.4) is 0 Å². The Kier molecular flexibility index (Phi) is 1.96. The maximum atomic E-state index is 13.2. The number of terminal acetylenes is 1. The van der Waals surface area contributed by atoms with Crippen LogP contribution < -0.4 is 5.32 Å². The summed E-state index contributed by atoms with van der Waals surface area (Å²) in [6.07, 6.45) is 6.35. The number of nitrogens with one attached hydrogen (secondary N) is 1. The molecule has 56 valence electrons. The molecule has 1 nitrogen and oxygen atoms in total. The number of halogens is 1. The second-order valence-corrected chi connectivity index (χ2v) is 2.93. The molecule has 0 amide bonds. The van der Waals surface area contributed by atoms with Gasteiger partial charge >= 0.3 is 0 Å². The molecule has 0 spiro atoms. The fourth-order valence-corrected chi connectivity index (χ4v) is 1.09. The molecule has 1 aliphatic rings. The molecular formula is C8H12FN. The van der Waals surface area contributed by atoms with Gasteiger partial charge in [-0.1, -0.05) is 5.92 Å². The van der Waals surface area contributed by atoms with Crippen molar-refractivity contribution in [2.45, 2.75) is 31.5 Å². The molecule has 0 aromatic heterocycles. The van der Waals surface area contributed by atoms with Crippen LogP contribution >= 0.6 is 0 Å². The smallest absolute Gasteiger partial charge is 0.182 e. The highest BCUT2D eigenvalue weighted by molar-refractivity contribution is 5.11. The Labute approximate surface area is 61.0 Å². The first-order valence-corrected chi connectivity index (χ1v) is 3.56. The number of hydrogen-bond donors (Lipinski definition) is 1. The number of rotatable bonds is 0. The lowest BCUT2D eigenvalue weighted by atomic mass is 9.93. The summed E-state index contributed by atoms with van der Waals surface area (Å²) in [5.41, 5.74) is -1.38. The Morgan fingerprint density at radius 1 is 1.80 bits per heavy atom. The van der Waals surface area contributed by atoms with Crippen LogP contribution in [0.4, 0.5) is 4.39 Å². The minimum atomic E-state index is -1.38. The van der Waals surface area contributed by atoms with Crippen molar-refractivity contribution in [2.24, 2.45) is 0 Å². The van der Waals surface area contributed by atoms with Gasteiger partial charge in [0, 0.05) is 12.6 Å². The normalized spacial score (nSPS) is 40.7. The maximum absolute atomic E-state index is 13.2. The van der Waals surface area contributed by atoms with Gasteiger partial charge in [0.2, 0.25) is 0 Å². The molecule has 0 bridgehead atoms. The summed E-state index contributed by atoms with van der Waals surface area (Å²) in [6.45, 7) is 2.35. The average molecular weight is 141 g/mol. The molecule has 0 aromatic rings. The summed E-state index contributed by atoms with van der Waals surface area (Å²) >= 11 is 0. The van der Waals surface area contributed by atoms with Gasteiger partial charge in [-0.25, -0.2) is 4.39 Å². The van der Waals surface area contributed by atoms with Crippen LogP contribution in [0.25, 0.3) is 0 Å². The maximum Gasteiger partial charge on any atom is 0.182 e. The molecule has 0 aliphatic carbocycles. The summed E-state index contributed by atoms with van der Waals surface area (Å²) in [7, 11) is 0. The van der Waals surface area contributed by atoms with E-state index in [1.807, 2.05) is 6.92 Å². The monoisotopic (exact) mass is 141 g/mol. The predicted octanol–water partition coefficient (Wildman–Crippen LogP) is 1.10. The van der Waals surface area contributed by atoms with Gasteiger partial charge in [0.25, 0.3) is 0 Å². The zero-order chi connectivity index (χ0) is 7.61. The van der Waals surface area contributed by atoms with Crippen molar-refractivity contribution in [2.75, 3.05) is 6.54 Å². The van der Waals surface area contributed by atoms with Crippen molar-refractivity contribution in [1.82, 2.24) is 5.32 Å². The van der Waals surface area contributed by atoms with E-state index in [2.05, 4.69) is 11.2 Å². The molecule has 2 atom stereocenters. The molecule has 1 saturated heterocycles. The Morgan fingerprint density at radius 3 is 2.90 bits per heavy atom. The first kappa shape index (κ1) is 7.56. The van der Waals surface area contributed by atoms with Crippen LogP contribution in [0, 0.1) is 12.3 Å². The fourth-order valence-electron chi connectivity index (χ4n) is 1.09. The highest BCUT2D eigenvalue weighted by Crippen LogP contribution is 2.21. The summed E-state index contributed by atoms with van der Waals surface area (Å²) in [6, 6.07) is 0.414. The van der Waals surface area contributed by atoms with Gasteiger partial charge in [-0.15, -0.1) is 6.42 Å². The molecule has 2 unspecified atom stereocenters. The lowest BCUT2D eigenvalue weighted by Gasteiger charge is -2.29. The van der Waals surface area contributed by atoms with Gasteiger partial charge in [-0.3, -0.25) is 0 Å². The van der Waals surface area contributed by atoms with Crippen LogP contribution in [-0.4, -0.2) is 18.3 Å². The second kappa shape index (κ2) is 2.59. The largest absolute Gasteiger partial charge is 0.310 e. The minimum absolute atomic E-state index is 0.310. The van der Waals surface area contributed by atoms with Gasteiger partial charge in [-0.05, 0) is 19.8 Å². The van der Waals surface area contributed by atoms with E-state index in [1.54, 1.807) is 0 Å². The zero-order valence-electron chi connectivity index (χ0n) is 6.15. The van der Waals surface area contributed by atoms with E-state index in [0.717, 1.165) is 6.42 Å². The number of piperidine rings is 1. The predicted molar refractivity (Wildman–Crippen MR) is 39.4 cm³/mol. The third kappa shape index (κ3) is 1.48. The van der Waals surface area contributed by atoms with Gasteiger partial charge in [0.1, 0.15) is 0 Å². The standard InChI is InChI=1S/C8H12FN/c1-3-8(9)5-4-7(2)10-6-8/h1,7,10H,4-6H2,2H3. The quantitative estimate of drug-likeness (QED) is 0.498. The summed E-state index contributed by atoms with van der Waals surface area (Å²) < 4.78 is 13.2. The minimum Gasteiger partial charge on any atom is -0.310 e. The van der Waals surface area contributed by atoms with Crippen molar-refractivity contribution in [3.63, 3.8) is 0 Å². The number of hydrogen-bond acceptors (Lipinski definition) is 1. The molecule has 1 N–H and O–H groups in total. The van der Waals surface area contributed by atoms with E-state index in [4.69, 9.17) is 6.42 Å². The van der Waals surface area contributed by atoms with Crippen molar-refractivity contribution in [3.05, 3.63) is 0 Å². The first-order valence-electron chi connectivity index (χ1n) is 3.56. The van der Waals surface area contributed by atoms with Crippen molar-refractivity contribution in [1.29, 1.82) is 0 Å². The van der Waals surface area contributed by atoms with Crippen molar-refractivity contribution < 1.29 is 4.39 Å². The second-order valence-electron chi connectivity index (χ2n) is 2.93. The first-order chi connectivity index (χ1) is 4.66. The highest BCUT2D eigenvalue weighted by atomic mass is 19.1. The molecule has 2 heteroatoms. The third-order valence-corrected chi connectivity index (χ3v) is 1.96. The summed E-state index contributed by atoms with van der Waals surface area (Å²) in [5.74, 6) is 2.17. The lowest BCUT2D eigenvalue weighted by molar-refractivity contribution is 0.170. The van der Waals surface area contributed by atoms with Crippen molar-refractivity contribution >= 4 is 0 Å². The molecule has 1 rings (SSSR count). The van der Waals surface area contributed by atoms with E-state index in [1.165, 1.54) is 0 Å². The molecule has 0 aromatic carbocycles. The van der Waals surface area contributed by atoms with Crippen LogP contribution in [0.5, 0.6) is 0 Å². The molecule has 1 heterocycles. The molecule has 10 heavy (non-hydrogen) atoms. The van der Waals surface area contributed by atoms with E-state index < -0.39 is 5.67 Å². The Morgan fingerprint density at radius 2 is 2.50 bits per heavy atom. The SMILES string of the molecule is C#CC1(F)CCC(C)NC1. The van der Waals surface area contributed by atoms with E-state index >= 15 is 0 Å². The summed E-state index contributed by atoms with van der Waals surface area (Å²) in [5, 5.41) is 3.01. The Bertz CT molecular complexity index is 151. The third-order valence-electron chi connectivity index (χ3n) is 1.96. The molecule has 1 fully saturated rings. The van der Waals surface area contributed by atoms with Gasteiger partial charge in [-0.2, -0.15) is 0 Å². The van der Waals surface area contributed by atoms with Crippen LogP contribution in [-0.2, 0) is 0 Å². The zero-order valence-corrected chi connectivity index (χ0v) is 6.15. The molecule has 1 aliphatic heterocycles. The van der Waals surface area contributed by atoms with Crippen LogP contribution in [0.1, 0.15) is 19.8 Å². The summed E-state index contributed by atoms with van der Waals surface area (Å²) in [4.78, 5) is 0. The molecular weight excluding hydrogens is 129 g/mol. The number of alkyl halides is 1. The Hall–Kier alpha value is -0.550. The fraction of sp³-hybridized carbons (Fsp3) is 0.750. The van der Waals surface area contributed by atoms with E-state index in [-0.39, 0.29) is 0 Å². The van der Waals surface area contributed by atoms with Gasteiger partial charge in [0.15, 0.2) is 5.67 Å². The Balaban J connectivity index is 2.48.